The van der Waals surface area contributed by atoms with Crippen molar-refractivity contribution in [1.82, 2.24) is 24.9 Å². The molecule has 2 atom stereocenters. The Morgan fingerprint density at radius 1 is 1.23 bits per heavy atom. The van der Waals surface area contributed by atoms with E-state index in [1.165, 1.54) is 11.1 Å². The van der Waals surface area contributed by atoms with Gasteiger partial charge in [-0.2, -0.15) is 0 Å². The molecule has 2 saturated carbocycles. The molecule has 10 nitrogen and oxygen atoms in total. The molecule has 0 aliphatic heterocycles. The summed E-state index contributed by atoms with van der Waals surface area (Å²) in [5, 5.41) is 17.5. The summed E-state index contributed by atoms with van der Waals surface area (Å²) in [6, 6.07) is 3.28. The van der Waals surface area contributed by atoms with Gasteiger partial charge in [-0.3, -0.25) is 4.79 Å². The maximum atomic E-state index is 13.9. The highest BCUT2D eigenvalue weighted by molar-refractivity contribution is 5.70. The van der Waals surface area contributed by atoms with E-state index in [4.69, 9.17) is 9.47 Å². The minimum atomic E-state index is -0.852. The van der Waals surface area contributed by atoms with E-state index in [1.54, 1.807) is 31.1 Å². The van der Waals surface area contributed by atoms with Gasteiger partial charge in [-0.15, -0.1) is 5.10 Å². The summed E-state index contributed by atoms with van der Waals surface area (Å²) in [4.78, 5) is 29.7. The topological polar surface area (TPSA) is 120 Å². The number of rotatable bonds is 9. The van der Waals surface area contributed by atoms with E-state index in [0.717, 1.165) is 19.3 Å². The highest BCUT2D eigenvalue weighted by atomic mass is 19.1. The number of carbonyl (C=O) groups excluding carboxylic acids is 1. The Bertz CT molecular complexity index is 1060. The van der Waals surface area contributed by atoms with Gasteiger partial charge < -0.3 is 19.5 Å². The first kappa shape index (κ1) is 24.9. The maximum absolute atomic E-state index is 13.9. The Balaban J connectivity index is 1.44. The van der Waals surface area contributed by atoms with E-state index in [1.807, 2.05) is 0 Å². The summed E-state index contributed by atoms with van der Waals surface area (Å²) in [6.45, 7) is -0.225. The number of carbonyl (C=O) groups is 2. The largest absolute Gasteiger partial charge is 0.488 e. The lowest BCUT2D eigenvalue weighted by Gasteiger charge is -2.29. The second kappa shape index (κ2) is 11.0. The summed E-state index contributed by atoms with van der Waals surface area (Å²) in [5.41, 5.74) is 1.43. The van der Waals surface area contributed by atoms with Gasteiger partial charge in [0.05, 0.1) is 17.7 Å². The van der Waals surface area contributed by atoms with Crippen molar-refractivity contribution in [1.29, 1.82) is 0 Å². The first-order chi connectivity index (χ1) is 16.9. The third-order valence-electron chi connectivity index (χ3n) is 6.91. The lowest BCUT2D eigenvalue weighted by molar-refractivity contribution is -0.143. The number of pyridine rings is 1. The number of hydrogen-bond donors (Lipinski definition) is 1. The zero-order valence-corrected chi connectivity index (χ0v) is 20.2. The SMILES string of the molecule is CN(CC1CCC1)C(=O)OCc1c(-c2ccc(O[C@H]3CCC[C@H](C(=O)O)C3)c(CF)n2)nnn1C. The first-order valence-electron chi connectivity index (χ1n) is 12.1. The molecule has 0 bridgehead atoms. The summed E-state index contributed by atoms with van der Waals surface area (Å²) in [7, 11) is 3.41. The molecule has 2 aliphatic rings. The molecule has 2 heterocycles. The molecule has 0 radical (unpaired) electrons. The molecule has 4 rings (SSSR count). The van der Waals surface area contributed by atoms with Crippen molar-refractivity contribution >= 4 is 12.1 Å². The van der Waals surface area contributed by atoms with Crippen LogP contribution in [0, 0.1) is 11.8 Å². The molecule has 0 saturated heterocycles. The fourth-order valence-electron chi connectivity index (χ4n) is 4.59. The number of nitrogens with zero attached hydrogens (tertiary/aromatic N) is 5. The molecule has 2 fully saturated rings. The summed E-state index contributed by atoms with van der Waals surface area (Å²) < 4.78 is 26.8. The second-order valence-corrected chi connectivity index (χ2v) is 9.46. The van der Waals surface area contributed by atoms with E-state index >= 15 is 0 Å². The number of carboxylic acids is 1. The summed E-state index contributed by atoms with van der Waals surface area (Å²) in [5.74, 6) is -0.453. The molecule has 0 aromatic carbocycles. The normalized spacial score (nSPS) is 20.2. The van der Waals surface area contributed by atoms with Crippen molar-refractivity contribution < 1.29 is 28.6 Å². The fourth-order valence-corrected chi connectivity index (χ4v) is 4.59. The quantitative estimate of drug-likeness (QED) is 0.566. The number of hydrogen-bond acceptors (Lipinski definition) is 7. The van der Waals surface area contributed by atoms with Crippen LogP contribution >= 0.6 is 0 Å². The molecule has 0 unspecified atom stereocenters. The Labute approximate surface area is 203 Å². The predicted molar refractivity (Wildman–Crippen MR) is 123 cm³/mol. The molecule has 11 heteroatoms. The second-order valence-electron chi connectivity index (χ2n) is 9.46. The zero-order chi connectivity index (χ0) is 24.9. The number of aromatic nitrogens is 4. The van der Waals surface area contributed by atoms with Crippen LogP contribution in [0.25, 0.3) is 11.4 Å². The molecule has 190 valence electrons. The highest BCUT2D eigenvalue weighted by Gasteiger charge is 2.29. The van der Waals surface area contributed by atoms with E-state index < -0.39 is 24.7 Å². The van der Waals surface area contributed by atoms with Crippen molar-refractivity contribution in [3.8, 4) is 17.1 Å². The fraction of sp³-hybridized carbons (Fsp3) is 0.625. The predicted octanol–water partition coefficient (Wildman–Crippen LogP) is 3.74. The lowest BCUT2D eigenvalue weighted by atomic mass is 9.85. The highest BCUT2D eigenvalue weighted by Crippen LogP contribution is 2.31. The van der Waals surface area contributed by atoms with E-state index in [0.29, 0.717) is 54.6 Å². The molecule has 2 aliphatic carbocycles. The van der Waals surface area contributed by atoms with Crippen LogP contribution in [-0.2, 0) is 29.9 Å². The number of alkyl halides is 1. The van der Waals surface area contributed by atoms with E-state index in [2.05, 4.69) is 15.3 Å². The van der Waals surface area contributed by atoms with Gasteiger partial charge in [-0.05, 0) is 56.6 Å². The third-order valence-corrected chi connectivity index (χ3v) is 6.91. The minimum Gasteiger partial charge on any atom is -0.488 e. The van der Waals surface area contributed by atoms with Gasteiger partial charge in [0.1, 0.15) is 36.1 Å². The van der Waals surface area contributed by atoms with Crippen LogP contribution in [0.2, 0.25) is 0 Å². The van der Waals surface area contributed by atoms with Gasteiger partial charge in [0.25, 0.3) is 0 Å². The van der Waals surface area contributed by atoms with Gasteiger partial charge in [-0.1, -0.05) is 11.6 Å². The monoisotopic (exact) mass is 489 g/mol. The average Bonchev–Trinajstić information content (AvgIpc) is 3.20. The zero-order valence-electron chi connectivity index (χ0n) is 20.2. The summed E-state index contributed by atoms with van der Waals surface area (Å²) in [6.07, 6.45) is 5.23. The number of carboxylic acid groups (broad SMARTS) is 1. The van der Waals surface area contributed by atoms with Crippen LogP contribution in [0.15, 0.2) is 12.1 Å². The smallest absolute Gasteiger partial charge is 0.409 e. The molecule has 35 heavy (non-hydrogen) atoms. The molecule has 0 spiro atoms. The Morgan fingerprint density at radius 2 is 2.00 bits per heavy atom. The van der Waals surface area contributed by atoms with Crippen molar-refractivity contribution in [2.75, 3.05) is 13.6 Å². The van der Waals surface area contributed by atoms with Gasteiger partial charge in [-0.25, -0.2) is 18.9 Å². The molecular weight excluding hydrogens is 457 g/mol. The number of halogens is 1. The van der Waals surface area contributed by atoms with Crippen LogP contribution in [0.3, 0.4) is 0 Å². The van der Waals surface area contributed by atoms with Gasteiger partial charge in [0.15, 0.2) is 0 Å². The van der Waals surface area contributed by atoms with E-state index in [-0.39, 0.29) is 18.4 Å². The number of ether oxygens (including phenoxy) is 2. The van der Waals surface area contributed by atoms with Crippen LogP contribution in [0.1, 0.15) is 56.3 Å². The van der Waals surface area contributed by atoms with Crippen molar-refractivity contribution in [3.63, 3.8) is 0 Å². The van der Waals surface area contributed by atoms with E-state index in [9.17, 15) is 19.1 Å². The van der Waals surface area contributed by atoms with Gasteiger partial charge >= 0.3 is 12.1 Å². The summed E-state index contributed by atoms with van der Waals surface area (Å²) >= 11 is 0. The number of aliphatic carboxylic acids is 1. The van der Waals surface area contributed by atoms with Crippen molar-refractivity contribution in [2.24, 2.45) is 18.9 Å². The lowest BCUT2D eigenvalue weighted by Crippen LogP contribution is -2.34. The Morgan fingerprint density at radius 3 is 2.69 bits per heavy atom. The number of aryl methyl sites for hydroxylation is 1. The molecule has 2 aromatic rings. The minimum absolute atomic E-state index is 0.0454. The molecular formula is C24H32FN5O5. The standard InChI is InChI=1S/C24H32FN5O5/c1-29(13-15-5-3-6-15)24(33)34-14-20-22(27-28-30(20)2)18-9-10-21(19(12-25)26-18)35-17-8-4-7-16(11-17)23(31)32/h9-10,15-17H,3-8,11-14H2,1-2H3,(H,31,32)/t16-,17-/m0/s1. The third kappa shape index (κ3) is 5.88. The van der Waals surface area contributed by atoms with Gasteiger partial charge in [0, 0.05) is 20.6 Å². The first-order valence-corrected chi connectivity index (χ1v) is 12.1. The van der Waals surface area contributed by atoms with Gasteiger partial charge in [0.2, 0.25) is 0 Å². The average molecular weight is 490 g/mol. The van der Waals surface area contributed by atoms with Crippen LogP contribution < -0.4 is 4.74 Å². The molecule has 2 aromatic heterocycles. The molecule has 1 amide bonds. The van der Waals surface area contributed by atoms with Crippen LogP contribution in [-0.4, -0.2) is 61.7 Å². The Hall–Kier alpha value is -3.24. The van der Waals surface area contributed by atoms with Crippen LogP contribution in [0.5, 0.6) is 5.75 Å². The maximum Gasteiger partial charge on any atom is 0.409 e. The van der Waals surface area contributed by atoms with Crippen molar-refractivity contribution in [2.45, 2.75) is 64.3 Å². The molecule has 1 N–H and O–H groups in total. The van der Waals surface area contributed by atoms with Crippen molar-refractivity contribution in [3.05, 3.63) is 23.5 Å². The Kier molecular flexibility index (Phi) is 7.82. The number of amides is 1. The van der Waals surface area contributed by atoms with Crippen LogP contribution in [0.4, 0.5) is 9.18 Å².